The van der Waals surface area contributed by atoms with Gasteiger partial charge in [0.05, 0.1) is 48.4 Å². The lowest BCUT2D eigenvalue weighted by atomic mass is 9.33. The number of rotatable bonds is 9. The van der Waals surface area contributed by atoms with Gasteiger partial charge in [0, 0.05) is 43.1 Å². The Morgan fingerprint density at radius 3 is 2.08 bits per heavy atom. The van der Waals surface area contributed by atoms with Crippen molar-refractivity contribution in [2.75, 3.05) is 7.11 Å². The van der Waals surface area contributed by atoms with Crippen molar-refractivity contribution < 1.29 is 91.1 Å². The van der Waals surface area contributed by atoms with Crippen LogP contribution in [-0.2, 0) is 71.4 Å². The molecule has 19 nitrogen and oxygen atoms in total. The Morgan fingerprint density at radius 1 is 0.867 bits per heavy atom. The zero-order valence-corrected chi connectivity index (χ0v) is 34.8. The number of methoxy groups -OCH3 is 1. The number of hydrogen-bond acceptors (Lipinski definition) is 19. The zero-order chi connectivity index (χ0) is 43.9. The molecule has 60 heavy (non-hydrogen) atoms. The second kappa shape index (κ2) is 11.9. The predicted molar refractivity (Wildman–Crippen MR) is 191 cm³/mol. The fourth-order valence-corrected chi connectivity index (χ4v) is 14.2. The molecular weight excluding hydrogens is 796 g/mol. The van der Waals surface area contributed by atoms with Crippen LogP contribution in [0.1, 0.15) is 86.8 Å². The van der Waals surface area contributed by atoms with Gasteiger partial charge in [-0.3, -0.25) is 19.2 Å². The molecule has 1 unspecified atom stereocenters. The van der Waals surface area contributed by atoms with Crippen LogP contribution in [0.3, 0.4) is 0 Å². The minimum absolute atomic E-state index is 0.250. The van der Waals surface area contributed by atoms with Crippen molar-refractivity contribution in [1.29, 1.82) is 0 Å². The fraction of sp³-hybridized carbons (Fsp3) is 0.756. The molecule has 1 aromatic rings. The van der Waals surface area contributed by atoms with Crippen molar-refractivity contribution in [2.45, 2.75) is 146 Å². The van der Waals surface area contributed by atoms with E-state index in [4.69, 9.17) is 47.0 Å². The Bertz CT molecular complexity index is 2120. The predicted octanol–water partition coefficient (Wildman–Crippen LogP) is 0.919. The number of cyclic esters (lactones) is 1. The van der Waals surface area contributed by atoms with Crippen molar-refractivity contribution in [3.05, 3.63) is 24.2 Å². The maximum absolute atomic E-state index is 14.7. The molecule has 8 fully saturated rings. The van der Waals surface area contributed by atoms with Gasteiger partial charge in [-0.05, 0) is 18.9 Å². The molecule has 3 aliphatic heterocycles. The van der Waals surface area contributed by atoms with E-state index in [0.717, 1.165) is 21.0 Å². The Labute approximate surface area is 343 Å². The van der Waals surface area contributed by atoms with Crippen LogP contribution in [0.5, 0.6) is 0 Å². The molecule has 9 rings (SSSR count). The monoisotopic (exact) mass is 846 g/mol. The standard InChI is InChI=1S/C41H50O19/c1-16(2)27(46)56-26-30(49)55-25(20-11-12-52-13-20)36-15-37(26,36)41-32-39(57-28(47)17(3)4)31(54-19(6)43)33(7)14-38(39,50)34(8,22(33)21(29(48)51-10)53-18(5)42)40(41,24(45)23(36)44)59-35(9,58-32)60-41/h11-13,16-17,21-26,31-32,44-45,50H,14-15H2,1-10H3/t21-,22+,23+,24-,25+,26+,31+,32-,33-,34+,35?,36+,37-,38-,39-,40+,41+/m1/s1. The second-order valence-electron chi connectivity index (χ2n) is 19.1. The Hall–Kier alpha value is -4.14. The SMILES string of the molecule is COC(=O)[C@H](OC(C)=O)[C@H]1[C@@]2(C)C[C@]3(O)[C@](OC(=O)C(C)C)([C@H]4OC5(C)O[C@@]6([C@H](O)[C@H](O)[C@]78C[C@]7([C@@H](OC(=O)C(C)C)C(=O)O[C@H]8c7ccoc7)[C@@]46O5)[C@@]13C)[C@H]2OC(C)=O. The van der Waals surface area contributed by atoms with Gasteiger partial charge >= 0.3 is 35.8 Å². The Kier molecular flexibility index (Phi) is 8.15. The Balaban J connectivity index is 1.45. The number of fused-ring (bicyclic) bond motifs is 3. The van der Waals surface area contributed by atoms with Crippen LogP contribution in [0.15, 0.2) is 23.0 Å². The highest BCUT2D eigenvalue weighted by Crippen LogP contribution is 2.95. The van der Waals surface area contributed by atoms with Gasteiger partial charge in [-0.25, -0.2) is 9.59 Å². The molecule has 3 N–H and O–H groups in total. The summed E-state index contributed by atoms with van der Waals surface area (Å²) < 4.78 is 62.2. The lowest BCUT2D eigenvalue weighted by Crippen LogP contribution is -2.97. The maximum Gasteiger partial charge on any atom is 0.348 e. The van der Waals surface area contributed by atoms with E-state index in [-0.39, 0.29) is 12.0 Å². The molecule has 1 aromatic heterocycles. The summed E-state index contributed by atoms with van der Waals surface area (Å²) in [5, 5.41) is 40.3. The number of ether oxygens (including phenoxy) is 9. The number of hydrogen-bond donors (Lipinski definition) is 3. The first-order valence-electron chi connectivity index (χ1n) is 20.1. The molecule has 5 saturated carbocycles. The largest absolute Gasteiger partial charge is 0.472 e. The van der Waals surface area contributed by atoms with E-state index in [1.807, 2.05) is 0 Å². The first-order valence-corrected chi connectivity index (χ1v) is 20.1. The van der Waals surface area contributed by atoms with Crippen molar-refractivity contribution in [3.8, 4) is 0 Å². The number of carbonyl (C=O) groups excluding carboxylic acids is 6. The van der Waals surface area contributed by atoms with Gasteiger partial charge in [0.25, 0.3) is 5.97 Å². The summed E-state index contributed by atoms with van der Waals surface area (Å²) in [5.74, 6) is -11.4. The van der Waals surface area contributed by atoms with Crippen molar-refractivity contribution >= 4 is 35.8 Å². The molecule has 5 aliphatic carbocycles. The number of carbonyl (C=O) groups is 6. The topological polar surface area (TPSA) is 259 Å². The number of aliphatic hydroxyl groups is 3. The molecular formula is C41H50O19. The minimum atomic E-state index is -2.60. The van der Waals surface area contributed by atoms with Crippen LogP contribution in [0, 0.1) is 39.4 Å². The average molecular weight is 847 g/mol. The van der Waals surface area contributed by atoms with Crippen molar-refractivity contribution in [1.82, 2.24) is 0 Å². The van der Waals surface area contributed by atoms with Crippen LogP contribution >= 0.6 is 0 Å². The second-order valence-corrected chi connectivity index (χ2v) is 19.1. The van der Waals surface area contributed by atoms with Gasteiger partial charge in [0.1, 0.15) is 35.1 Å². The van der Waals surface area contributed by atoms with Gasteiger partial charge in [0.2, 0.25) is 17.8 Å². The van der Waals surface area contributed by atoms with E-state index in [0.29, 0.717) is 0 Å². The first-order chi connectivity index (χ1) is 27.9. The third kappa shape index (κ3) is 3.96. The smallest absolute Gasteiger partial charge is 0.348 e. The van der Waals surface area contributed by atoms with E-state index in [9.17, 15) is 44.1 Å². The molecule has 4 heterocycles. The van der Waals surface area contributed by atoms with Gasteiger partial charge < -0.3 is 62.4 Å². The van der Waals surface area contributed by atoms with Crippen LogP contribution in [0.25, 0.3) is 0 Å². The van der Waals surface area contributed by atoms with Crippen LogP contribution in [0.4, 0.5) is 0 Å². The lowest BCUT2D eigenvalue weighted by molar-refractivity contribution is -0.472. The summed E-state index contributed by atoms with van der Waals surface area (Å²) in [6, 6.07) is 1.49. The third-order valence-electron chi connectivity index (χ3n) is 15.7. The molecule has 1 spiro atoms. The molecule has 0 amide bonds. The van der Waals surface area contributed by atoms with Crippen LogP contribution < -0.4 is 0 Å². The van der Waals surface area contributed by atoms with Gasteiger partial charge in [-0.1, -0.05) is 41.5 Å². The molecule has 17 atom stereocenters. The molecule has 3 saturated heterocycles. The highest BCUT2D eigenvalue weighted by atomic mass is 17.0. The maximum atomic E-state index is 14.7. The Morgan fingerprint density at radius 2 is 1.52 bits per heavy atom. The van der Waals surface area contributed by atoms with Gasteiger partial charge in [0.15, 0.2) is 6.10 Å². The van der Waals surface area contributed by atoms with Gasteiger partial charge in [-0.2, -0.15) is 0 Å². The van der Waals surface area contributed by atoms with E-state index in [1.165, 1.54) is 67.1 Å². The minimum Gasteiger partial charge on any atom is -0.472 e. The highest BCUT2D eigenvalue weighted by molar-refractivity contribution is 5.85. The molecule has 19 heteroatoms. The van der Waals surface area contributed by atoms with Crippen molar-refractivity contribution in [3.63, 3.8) is 0 Å². The summed E-state index contributed by atoms with van der Waals surface area (Å²) >= 11 is 0. The van der Waals surface area contributed by atoms with Gasteiger partial charge in [-0.15, -0.1) is 0 Å². The normalized spacial score (nSPS) is 49.9. The van der Waals surface area contributed by atoms with Crippen LogP contribution in [0.2, 0.25) is 0 Å². The summed E-state index contributed by atoms with van der Waals surface area (Å²) in [6.45, 7) is 12.5. The summed E-state index contributed by atoms with van der Waals surface area (Å²) in [5.41, 5.74) is -17.9. The number of furan rings is 1. The molecule has 0 aromatic carbocycles. The molecule has 4 bridgehead atoms. The van der Waals surface area contributed by atoms with Crippen molar-refractivity contribution in [2.24, 2.45) is 39.4 Å². The summed E-state index contributed by atoms with van der Waals surface area (Å²) in [7, 11) is 1.04. The highest BCUT2D eigenvalue weighted by Gasteiger charge is 3.11. The fourth-order valence-electron chi connectivity index (χ4n) is 14.2. The summed E-state index contributed by atoms with van der Waals surface area (Å²) in [4.78, 5) is 83.3. The lowest BCUT2D eigenvalue weighted by Gasteiger charge is -2.77. The van der Waals surface area contributed by atoms with Crippen LogP contribution in [-0.4, -0.2) is 123 Å². The molecule has 0 radical (unpaired) electrons. The van der Waals surface area contributed by atoms with E-state index >= 15 is 0 Å². The van der Waals surface area contributed by atoms with E-state index in [1.54, 1.807) is 0 Å². The van der Waals surface area contributed by atoms with E-state index in [2.05, 4.69) is 0 Å². The third-order valence-corrected chi connectivity index (χ3v) is 15.7. The zero-order valence-electron chi connectivity index (χ0n) is 34.8. The quantitative estimate of drug-likeness (QED) is 0.231. The first kappa shape index (κ1) is 41.2. The number of esters is 6. The molecule has 8 aliphatic rings. The molecule has 328 valence electrons. The summed E-state index contributed by atoms with van der Waals surface area (Å²) in [6.07, 6.45) is -11.3. The average Bonchev–Trinajstić information content (AvgIpc) is 3.51. The number of aliphatic hydroxyl groups excluding tert-OH is 2. The van der Waals surface area contributed by atoms with E-state index < -0.39 is 153 Å².